The Morgan fingerprint density at radius 3 is 2.65 bits per heavy atom. The molecule has 1 fully saturated rings. The molecule has 3 heterocycles. The Morgan fingerprint density at radius 1 is 1.15 bits per heavy atom. The predicted molar refractivity (Wildman–Crippen MR) is 92.7 cm³/mol. The minimum absolute atomic E-state index is 0.192. The maximum absolute atomic E-state index is 13.0. The molecule has 144 valence electrons. The summed E-state index contributed by atoms with van der Waals surface area (Å²) in [6.07, 6.45) is 1.71. The van der Waals surface area contributed by atoms with E-state index in [1.165, 1.54) is 4.31 Å². The van der Waals surface area contributed by atoms with Gasteiger partial charge in [0.2, 0.25) is 10.0 Å². The number of aromatic nitrogens is 5. The molecule has 0 amide bonds. The van der Waals surface area contributed by atoms with E-state index in [0.29, 0.717) is 37.6 Å². The van der Waals surface area contributed by atoms with Gasteiger partial charge in [-0.25, -0.2) is 13.1 Å². The SMILES string of the molecule is CCCn1nnnc1CN1CCCN(S(=O)(=O)c2c(C)noc2C)CC1. The fourth-order valence-corrected chi connectivity index (χ4v) is 5.00. The van der Waals surface area contributed by atoms with Gasteiger partial charge >= 0.3 is 0 Å². The van der Waals surface area contributed by atoms with Crippen molar-refractivity contribution in [3.63, 3.8) is 0 Å². The van der Waals surface area contributed by atoms with Crippen LogP contribution in [-0.2, 0) is 23.1 Å². The zero-order valence-electron chi connectivity index (χ0n) is 15.4. The van der Waals surface area contributed by atoms with Crippen molar-refractivity contribution in [2.24, 2.45) is 0 Å². The Bertz CT molecular complexity index is 826. The summed E-state index contributed by atoms with van der Waals surface area (Å²) in [6, 6.07) is 0. The third kappa shape index (κ3) is 3.79. The molecule has 10 nitrogen and oxygen atoms in total. The molecule has 11 heteroatoms. The normalized spacial score (nSPS) is 17.5. The first-order chi connectivity index (χ1) is 12.4. The van der Waals surface area contributed by atoms with Crippen molar-refractivity contribution in [3.05, 3.63) is 17.3 Å². The zero-order valence-corrected chi connectivity index (χ0v) is 16.2. The number of tetrazole rings is 1. The van der Waals surface area contributed by atoms with Crippen LogP contribution in [0.25, 0.3) is 0 Å². The number of nitrogens with zero attached hydrogens (tertiary/aromatic N) is 7. The van der Waals surface area contributed by atoms with Gasteiger partial charge in [-0.15, -0.1) is 5.10 Å². The molecule has 2 aromatic heterocycles. The van der Waals surface area contributed by atoms with E-state index >= 15 is 0 Å². The molecule has 2 aromatic rings. The average molecular weight is 383 g/mol. The molecular weight excluding hydrogens is 358 g/mol. The lowest BCUT2D eigenvalue weighted by atomic mass is 10.4. The molecule has 0 radical (unpaired) electrons. The maximum Gasteiger partial charge on any atom is 0.248 e. The van der Waals surface area contributed by atoms with E-state index < -0.39 is 10.0 Å². The van der Waals surface area contributed by atoms with Crippen molar-refractivity contribution in [2.75, 3.05) is 26.2 Å². The first kappa shape index (κ1) is 18.9. The quantitative estimate of drug-likeness (QED) is 0.712. The van der Waals surface area contributed by atoms with E-state index in [-0.39, 0.29) is 4.90 Å². The van der Waals surface area contributed by atoms with Gasteiger partial charge in [-0.3, -0.25) is 4.90 Å². The van der Waals surface area contributed by atoms with Crippen LogP contribution >= 0.6 is 0 Å². The second-order valence-corrected chi connectivity index (χ2v) is 8.38. The zero-order chi connectivity index (χ0) is 18.7. The molecule has 1 aliphatic rings. The highest BCUT2D eigenvalue weighted by atomic mass is 32.2. The lowest BCUT2D eigenvalue weighted by Gasteiger charge is -2.21. The predicted octanol–water partition coefficient (Wildman–Crippen LogP) is 0.585. The van der Waals surface area contributed by atoms with Crippen molar-refractivity contribution in [1.29, 1.82) is 0 Å². The monoisotopic (exact) mass is 383 g/mol. The Hall–Kier alpha value is -1.85. The summed E-state index contributed by atoms with van der Waals surface area (Å²) in [5.74, 6) is 1.15. The molecule has 0 aromatic carbocycles. The lowest BCUT2D eigenvalue weighted by Crippen LogP contribution is -2.35. The van der Waals surface area contributed by atoms with E-state index in [1.54, 1.807) is 13.8 Å². The molecule has 0 saturated carbocycles. The molecule has 26 heavy (non-hydrogen) atoms. The van der Waals surface area contributed by atoms with Crippen LogP contribution in [0, 0.1) is 13.8 Å². The van der Waals surface area contributed by atoms with Crippen LogP contribution < -0.4 is 0 Å². The van der Waals surface area contributed by atoms with Crippen molar-refractivity contribution in [1.82, 2.24) is 34.6 Å². The van der Waals surface area contributed by atoms with Crippen LogP contribution in [0.4, 0.5) is 0 Å². The second-order valence-electron chi connectivity index (χ2n) is 6.51. The highest BCUT2D eigenvalue weighted by molar-refractivity contribution is 7.89. The van der Waals surface area contributed by atoms with E-state index in [1.807, 2.05) is 4.68 Å². The molecule has 0 bridgehead atoms. The Labute approximate surface area is 153 Å². The van der Waals surface area contributed by atoms with Gasteiger partial charge < -0.3 is 4.52 Å². The Kier molecular flexibility index (Phi) is 5.68. The summed E-state index contributed by atoms with van der Waals surface area (Å²) in [4.78, 5) is 2.39. The fraction of sp³-hybridized carbons (Fsp3) is 0.733. The van der Waals surface area contributed by atoms with E-state index in [4.69, 9.17) is 4.52 Å². The second kappa shape index (κ2) is 7.80. The van der Waals surface area contributed by atoms with E-state index in [9.17, 15) is 8.42 Å². The van der Waals surface area contributed by atoms with Crippen molar-refractivity contribution in [2.45, 2.75) is 51.6 Å². The third-order valence-electron chi connectivity index (χ3n) is 4.52. The number of rotatable bonds is 6. The van der Waals surface area contributed by atoms with Crippen molar-refractivity contribution < 1.29 is 12.9 Å². The van der Waals surface area contributed by atoms with Gasteiger partial charge in [0.25, 0.3) is 0 Å². The molecule has 0 N–H and O–H groups in total. The molecule has 0 atom stereocenters. The number of hydrogen-bond acceptors (Lipinski definition) is 8. The van der Waals surface area contributed by atoms with Crippen molar-refractivity contribution in [3.8, 4) is 0 Å². The van der Waals surface area contributed by atoms with Crippen LogP contribution in [-0.4, -0.2) is 69.2 Å². The van der Waals surface area contributed by atoms with Gasteiger partial charge in [-0.05, 0) is 43.7 Å². The molecule has 0 unspecified atom stereocenters. The first-order valence-corrected chi connectivity index (χ1v) is 10.3. The summed E-state index contributed by atoms with van der Waals surface area (Å²) < 4.78 is 34.3. The summed E-state index contributed by atoms with van der Waals surface area (Å²) >= 11 is 0. The van der Waals surface area contributed by atoms with E-state index in [2.05, 4.69) is 32.5 Å². The van der Waals surface area contributed by atoms with Gasteiger partial charge in [0, 0.05) is 26.2 Å². The molecule has 0 aliphatic carbocycles. The van der Waals surface area contributed by atoms with Crippen molar-refractivity contribution >= 4 is 10.0 Å². The van der Waals surface area contributed by atoms with Crippen LogP contribution in [0.1, 0.15) is 37.0 Å². The maximum atomic E-state index is 13.0. The van der Waals surface area contributed by atoms with Crippen LogP contribution in [0.5, 0.6) is 0 Å². The van der Waals surface area contributed by atoms with Gasteiger partial charge in [-0.1, -0.05) is 12.1 Å². The minimum atomic E-state index is -3.60. The van der Waals surface area contributed by atoms with Gasteiger partial charge in [0.15, 0.2) is 11.6 Å². The topological polar surface area (TPSA) is 110 Å². The summed E-state index contributed by atoms with van der Waals surface area (Å²) in [7, 11) is -3.60. The van der Waals surface area contributed by atoms with E-state index in [0.717, 1.165) is 31.8 Å². The molecule has 0 spiro atoms. The number of hydrogen-bond donors (Lipinski definition) is 0. The minimum Gasteiger partial charge on any atom is -0.360 e. The number of aryl methyl sites for hydroxylation is 3. The molecule has 1 saturated heterocycles. The largest absolute Gasteiger partial charge is 0.360 e. The summed E-state index contributed by atoms with van der Waals surface area (Å²) in [6.45, 7) is 9.08. The molecule has 1 aliphatic heterocycles. The highest BCUT2D eigenvalue weighted by Crippen LogP contribution is 2.24. The lowest BCUT2D eigenvalue weighted by molar-refractivity contribution is 0.265. The first-order valence-electron chi connectivity index (χ1n) is 8.84. The Balaban J connectivity index is 1.69. The Morgan fingerprint density at radius 2 is 1.96 bits per heavy atom. The third-order valence-corrected chi connectivity index (χ3v) is 6.66. The van der Waals surface area contributed by atoms with Crippen LogP contribution in [0.15, 0.2) is 9.42 Å². The van der Waals surface area contributed by atoms with Crippen LogP contribution in [0.3, 0.4) is 0 Å². The smallest absolute Gasteiger partial charge is 0.248 e. The highest BCUT2D eigenvalue weighted by Gasteiger charge is 2.32. The van der Waals surface area contributed by atoms with Crippen LogP contribution in [0.2, 0.25) is 0 Å². The summed E-state index contributed by atoms with van der Waals surface area (Å²) in [5.41, 5.74) is 0.405. The van der Waals surface area contributed by atoms with Gasteiger partial charge in [0.05, 0.1) is 6.54 Å². The molecule has 3 rings (SSSR count). The standard InChI is InChI=1S/C15H25N7O3S/c1-4-6-22-14(16-18-19-22)11-20-7-5-8-21(10-9-20)26(23,24)15-12(2)17-25-13(15)3/h4-11H2,1-3H3. The van der Waals surface area contributed by atoms with Gasteiger partial charge in [-0.2, -0.15) is 4.31 Å². The number of sulfonamides is 1. The summed E-state index contributed by atoms with van der Waals surface area (Å²) in [5, 5.41) is 15.6. The fourth-order valence-electron chi connectivity index (χ4n) is 3.24. The molecular formula is C15H25N7O3S. The van der Waals surface area contributed by atoms with Gasteiger partial charge in [0.1, 0.15) is 10.6 Å². The average Bonchev–Trinajstić information content (AvgIpc) is 3.07.